The summed E-state index contributed by atoms with van der Waals surface area (Å²) in [6.45, 7) is 0. The fraction of sp³-hybridized carbons (Fsp3) is 0.0909. The van der Waals surface area contributed by atoms with E-state index in [1.165, 1.54) is 6.07 Å². The fourth-order valence-electron chi connectivity index (χ4n) is 1.40. The van der Waals surface area contributed by atoms with E-state index in [0.29, 0.717) is 0 Å². The molecule has 0 aliphatic rings. The molecule has 1 heterocycles. The lowest BCUT2D eigenvalue weighted by atomic mass is 10.1. The van der Waals surface area contributed by atoms with Gasteiger partial charge in [0.1, 0.15) is 5.82 Å². The number of hydrogen-bond acceptors (Lipinski definition) is 2. The Morgan fingerprint density at radius 3 is 2.47 bits per heavy atom. The van der Waals surface area contributed by atoms with Crippen molar-refractivity contribution in [2.45, 2.75) is 6.18 Å². The van der Waals surface area contributed by atoms with Crippen molar-refractivity contribution in [3.05, 3.63) is 51.3 Å². The number of nitrogens with zero attached hydrogens (tertiary/aromatic N) is 1. The van der Waals surface area contributed by atoms with Crippen molar-refractivity contribution in [3.63, 3.8) is 0 Å². The minimum Gasteiger partial charge on any atom is -0.303 e. The van der Waals surface area contributed by atoms with Gasteiger partial charge in [-0.05, 0) is 18.2 Å². The number of aromatic nitrogens is 2. The third-order valence-electron chi connectivity index (χ3n) is 2.23. The van der Waals surface area contributed by atoms with Crippen LogP contribution in [-0.2, 0) is 6.18 Å². The van der Waals surface area contributed by atoms with Gasteiger partial charge in [0.15, 0.2) is 0 Å². The molecule has 0 radical (unpaired) electrons. The van der Waals surface area contributed by atoms with E-state index >= 15 is 0 Å². The number of hydrogen-bond donors (Lipinski definition) is 1. The van der Waals surface area contributed by atoms with Crippen molar-refractivity contribution in [2.24, 2.45) is 0 Å². The highest BCUT2D eigenvalue weighted by Crippen LogP contribution is 2.28. The summed E-state index contributed by atoms with van der Waals surface area (Å²) in [6.07, 6.45) is -4.78. The molecular formula is C11H5ClF4N2O. The van der Waals surface area contributed by atoms with Crippen LogP contribution in [0.15, 0.2) is 29.1 Å². The molecule has 1 aromatic carbocycles. The standard InChI is InChI=1S/C11H5ClF4N2O/c12-6-3-5(1-2-7(6)13)8-4-9(19)18-10(17-8)11(14,15)16/h1-4H,(H,17,18,19). The lowest BCUT2D eigenvalue weighted by Gasteiger charge is -2.07. The zero-order valence-corrected chi connectivity index (χ0v) is 9.81. The summed E-state index contributed by atoms with van der Waals surface area (Å²) in [6, 6.07) is 4.13. The highest BCUT2D eigenvalue weighted by atomic mass is 35.5. The second-order valence-electron chi connectivity index (χ2n) is 3.61. The van der Waals surface area contributed by atoms with Gasteiger partial charge < -0.3 is 4.98 Å². The first kappa shape index (κ1) is 13.5. The van der Waals surface area contributed by atoms with E-state index < -0.39 is 23.4 Å². The average molecular weight is 293 g/mol. The number of halogens is 5. The van der Waals surface area contributed by atoms with Gasteiger partial charge in [0.2, 0.25) is 5.82 Å². The van der Waals surface area contributed by atoms with Crippen molar-refractivity contribution < 1.29 is 17.6 Å². The molecule has 8 heteroatoms. The van der Waals surface area contributed by atoms with E-state index in [4.69, 9.17) is 11.6 Å². The van der Waals surface area contributed by atoms with Crippen LogP contribution in [0, 0.1) is 5.82 Å². The SMILES string of the molecule is O=c1cc(-c2ccc(F)c(Cl)c2)nc(C(F)(F)F)[nH]1. The largest absolute Gasteiger partial charge is 0.449 e. The maximum atomic E-state index is 13.0. The van der Waals surface area contributed by atoms with Crippen molar-refractivity contribution in [1.29, 1.82) is 0 Å². The summed E-state index contributed by atoms with van der Waals surface area (Å²) in [5.41, 5.74) is -1.08. The van der Waals surface area contributed by atoms with E-state index in [9.17, 15) is 22.4 Å². The van der Waals surface area contributed by atoms with Gasteiger partial charge >= 0.3 is 6.18 Å². The molecule has 0 aliphatic heterocycles. The Labute approximate surface area is 108 Å². The zero-order chi connectivity index (χ0) is 14.2. The predicted molar refractivity (Wildman–Crippen MR) is 60.3 cm³/mol. The maximum Gasteiger partial charge on any atom is 0.449 e. The first-order valence-electron chi connectivity index (χ1n) is 4.91. The van der Waals surface area contributed by atoms with Crippen LogP contribution in [0.3, 0.4) is 0 Å². The topological polar surface area (TPSA) is 45.8 Å². The Hall–Kier alpha value is -1.89. The number of nitrogens with one attached hydrogen (secondary N) is 1. The number of rotatable bonds is 1. The lowest BCUT2D eigenvalue weighted by molar-refractivity contribution is -0.145. The van der Waals surface area contributed by atoms with Gasteiger partial charge in [-0.15, -0.1) is 0 Å². The third kappa shape index (κ3) is 2.93. The summed E-state index contributed by atoms with van der Waals surface area (Å²) < 4.78 is 50.4. The summed E-state index contributed by atoms with van der Waals surface area (Å²) in [7, 11) is 0. The number of H-pyrrole nitrogens is 1. The Morgan fingerprint density at radius 2 is 1.89 bits per heavy atom. The number of benzene rings is 1. The van der Waals surface area contributed by atoms with Crippen LogP contribution in [0.2, 0.25) is 5.02 Å². The van der Waals surface area contributed by atoms with Gasteiger partial charge in [-0.1, -0.05) is 11.6 Å². The summed E-state index contributed by atoms with van der Waals surface area (Å²) >= 11 is 5.52. The highest BCUT2D eigenvalue weighted by molar-refractivity contribution is 6.31. The molecule has 0 unspecified atom stereocenters. The van der Waals surface area contributed by atoms with Crippen LogP contribution in [0.5, 0.6) is 0 Å². The van der Waals surface area contributed by atoms with Crippen molar-refractivity contribution in [2.75, 3.05) is 0 Å². The molecule has 100 valence electrons. The molecule has 0 fully saturated rings. The molecular weight excluding hydrogens is 288 g/mol. The number of alkyl halides is 3. The quantitative estimate of drug-likeness (QED) is 0.820. The van der Waals surface area contributed by atoms with Gasteiger partial charge in [-0.3, -0.25) is 4.79 Å². The summed E-state index contributed by atoms with van der Waals surface area (Å²) in [5, 5.41) is -0.270. The summed E-state index contributed by atoms with van der Waals surface area (Å²) in [4.78, 5) is 16.0. The molecule has 0 bridgehead atoms. The zero-order valence-electron chi connectivity index (χ0n) is 9.05. The van der Waals surface area contributed by atoms with Crippen LogP contribution in [0.1, 0.15) is 5.82 Å². The van der Waals surface area contributed by atoms with E-state index in [-0.39, 0.29) is 16.3 Å². The Kier molecular flexibility index (Phi) is 3.32. The maximum absolute atomic E-state index is 13.0. The highest BCUT2D eigenvalue weighted by Gasteiger charge is 2.34. The smallest absolute Gasteiger partial charge is 0.303 e. The first-order valence-corrected chi connectivity index (χ1v) is 5.29. The van der Waals surface area contributed by atoms with Crippen molar-refractivity contribution >= 4 is 11.6 Å². The number of aromatic amines is 1. The molecule has 0 saturated heterocycles. The second kappa shape index (κ2) is 4.65. The molecule has 19 heavy (non-hydrogen) atoms. The molecule has 0 aliphatic carbocycles. The van der Waals surface area contributed by atoms with Crippen molar-refractivity contribution in [3.8, 4) is 11.3 Å². The van der Waals surface area contributed by atoms with Gasteiger partial charge in [0, 0.05) is 11.6 Å². The van der Waals surface area contributed by atoms with Gasteiger partial charge in [-0.25, -0.2) is 9.37 Å². The van der Waals surface area contributed by atoms with Gasteiger partial charge in [-0.2, -0.15) is 13.2 Å². The molecule has 1 aromatic heterocycles. The van der Waals surface area contributed by atoms with E-state index in [1.807, 2.05) is 0 Å². The fourth-order valence-corrected chi connectivity index (χ4v) is 1.58. The summed E-state index contributed by atoms with van der Waals surface area (Å²) in [5.74, 6) is -2.14. The Balaban J connectivity index is 2.59. The molecule has 0 amide bonds. The Morgan fingerprint density at radius 1 is 1.21 bits per heavy atom. The first-order chi connectivity index (χ1) is 8.77. The van der Waals surface area contributed by atoms with E-state index in [2.05, 4.69) is 4.98 Å². The molecule has 3 nitrogen and oxygen atoms in total. The van der Waals surface area contributed by atoms with E-state index in [0.717, 1.165) is 18.2 Å². The van der Waals surface area contributed by atoms with E-state index in [1.54, 1.807) is 4.98 Å². The second-order valence-corrected chi connectivity index (χ2v) is 4.01. The van der Waals surface area contributed by atoms with Crippen LogP contribution in [0.25, 0.3) is 11.3 Å². The molecule has 2 rings (SSSR count). The minimum absolute atomic E-state index is 0.114. The average Bonchev–Trinajstić information content (AvgIpc) is 2.31. The monoisotopic (exact) mass is 292 g/mol. The molecule has 0 atom stereocenters. The molecule has 0 spiro atoms. The molecule has 0 saturated carbocycles. The van der Waals surface area contributed by atoms with Crippen LogP contribution < -0.4 is 5.56 Å². The van der Waals surface area contributed by atoms with Gasteiger partial charge in [0.25, 0.3) is 5.56 Å². The molecule has 1 N–H and O–H groups in total. The van der Waals surface area contributed by atoms with Crippen LogP contribution in [0.4, 0.5) is 17.6 Å². The molecule has 2 aromatic rings. The van der Waals surface area contributed by atoms with Crippen molar-refractivity contribution in [1.82, 2.24) is 9.97 Å². The third-order valence-corrected chi connectivity index (χ3v) is 2.52. The van der Waals surface area contributed by atoms with Gasteiger partial charge in [0.05, 0.1) is 10.7 Å². The predicted octanol–water partition coefficient (Wildman–Crippen LogP) is 3.25. The minimum atomic E-state index is -4.78. The van der Waals surface area contributed by atoms with Crippen LogP contribution >= 0.6 is 11.6 Å². The van der Waals surface area contributed by atoms with Crippen LogP contribution in [-0.4, -0.2) is 9.97 Å². The normalized spacial score (nSPS) is 11.6. The Bertz CT molecular complexity index is 681. The lowest BCUT2D eigenvalue weighted by Crippen LogP contribution is -2.18.